The van der Waals surface area contributed by atoms with E-state index in [1.165, 1.54) is 6.92 Å². The minimum atomic E-state index is -0.670. The molecule has 0 unspecified atom stereocenters. The molecule has 0 fully saturated rings. The molecule has 1 aromatic carbocycles. The standard InChI is InChI=1S/C11H13F2NO2/c1-7-5-9(13)10(6-8(7)12)14-11(16)3-2-4-15/h5-6,15H,2-4H2,1H3,(H,14,16). The molecule has 0 radical (unpaired) electrons. The molecule has 0 saturated carbocycles. The first-order chi connectivity index (χ1) is 7.54. The van der Waals surface area contributed by atoms with Gasteiger partial charge in [0.25, 0.3) is 0 Å². The molecule has 3 nitrogen and oxygen atoms in total. The van der Waals surface area contributed by atoms with Gasteiger partial charge in [-0.25, -0.2) is 8.78 Å². The van der Waals surface area contributed by atoms with Crippen LogP contribution >= 0.6 is 0 Å². The molecular formula is C11H13F2NO2. The Balaban J connectivity index is 2.73. The second kappa shape index (κ2) is 5.55. The lowest BCUT2D eigenvalue weighted by atomic mass is 10.2. The van der Waals surface area contributed by atoms with E-state index in [4.69, 9.17) is 5.11 Å². The van der Waals surface area contributed by atoms with E-state index in [1.54, 1.807) is 0 Å². The number of rotatable bonds is 4. The first-order valence-corrected chi connectivity index (χ1v) is 4.91. The monoisotopic (exact) mass is 229 g/mol. The van der Waals surface area contributed by atoms with Gasteiger partial charge in [-0.05, 0) is 25.0 Å². The number of amides is 1. The molecular weight excluding hydrogens is 216 g/mol. The van der Waals surface area contributed by atoms with Gasteiger partial charge in [-0.15, -0.1) is 0 Å². The van der Waals surface area contributed by atoms with Crippen molar-refractivity contribution in [3.05, 3.63) is 29.3 Å². The zero-order valence-electron chi connectivity index (χ0n) is 8.89. The summed E-state index contributed by atoms with van der Waals surface area (Å²) in [7, 11) is 0. The molecule has 0 saturated heterocycles. The van der Waals surface area contributed by atoms with Gasteiger partial charge in [-0.2, -0.15) is 0 Å². The van der Waals surface area contributed by atoms with Crippen molar-refractivity contribution in [2.75, 3.05) is 11.9 Å². The van der Waals surface area contributed by atoms with E-state index < -0.39 is 17.5 Å². The van der Waals surface area contributed by atoms with Crippen LogP contribution in [0.15, 0.2) is 12.1 Å². The fourth-order valence-corrected chi connectivity index (χ4v) is 1.19. The van der Waals surface area contributed by atoms with Gasteiger partial charge in [0.05, 0.1) is 5.69 Å². The number of hydrogen-bond acceptors (Lipinski definition) is 2. The second-order valence-corrected chi connectivity index (χ2v) is 3.46. The minimum absolute atomic E-state index is 0.0748. The molecule has 1 amide bonds. The van der Waals surface area contributed by atoms with E-state index in [2.05, 4.69) is 5.32 Å². The summed E-state index contributed by atoms with van der Waals surface area (Å²) < 4.78 is 26.4. The molecule has 0 aliphatic carbocycles. The zero-order chi connectivity index (χ0) is 12.1. The lowest BCUT2D eigenvalue weighted by Crippen LogP contribution is -2.13. The van der Waals surface area contributed by atoms with E-state index in [9.17, 15) is 13.6 Å². The van der Waals surface area contributed by atoms with Crippen LogP contribution in [0.2, 0.25) is 0 Å². The lowest BCUT2D eigenvalue weighted by molar-refractivity contribution is -0.116. The van der Waals surface area contributed by atoms with Crippen molar-refractivity contribution < 1.29 is 18.7 Å². The SMILES string of the molecule is Cc1cc(F)c(NC(=O)CCCO)cc1F. The van der Waals surface area contributed by atoms with Crippen molar-refractivity contribution in [3.8, 4) is 0 Å². The number of hydrogen-bond donors (Lipinski definition) is 2. The second-order valence-electron chi connectivity index (χ2n) is 3.46. The Morgan fingerprint density at radius 2 is 2.06 bits per heavy atom. The third-order valence-electron chi connectivity index (χ3n) is 2.08. The number of aliphatic hydroxyl groups is 1. The van der Waals surface area contributed by atoms with Gasteiger partial charge in [-0.1, -0.05) is 0 Å². The van der Waals surface area contributed by atoms with Gasteiger partial charge in [0.2, 0.25) is 5.91 Å². The fourth-order valence-electron chi connectivity index (χ4n) is 1.19. The number of aliphatic hydroxyl groups excluding tert-OH is 1. The molecule has 0 atom stereocenters. The summed E-state index contributed by atoms with van der Waals surface area (Å²) >= 11 is 0. The fraction of sp³-hybridized carbons (Fsp3) is 0.364. The Hall–Kier alpha value is -1.49. The first-order valence-electron chi connectivity index (χ1n) is 4.91. The first kappa shape index (κ1) is 12.6. The third-order valence-corrected chi connectivity index (χ3v) is 2.08. The number of carbonyl (C=O) groups is 1. The Labute approximate surface area is 92.1 Å². The maximum absolute atomic E-state index is 13.3. The molecule has 16 heavy (non-hydrogen) atoms. The summed E-state index contributed by atoms with van der Waals surface area (Å²) in [6.07, 6.45) is 0.368. The molecule has 1 rings (SSSR count). The van der Waals surface area contributed by atoms with Gasteiger partial charge < -0.3 is 10.4 Å². The van der Waals surface area contributed by atoms with Crippen molar-refractivity contribution in [2.24, 2.45) is 0 Å². The molecule has 0 spiro atoms. The maximum atomic E-state index is 13.3. The summed E-state index contributed by atoms with van der Waals surface area (Å²) in [5, 5.41) is 10.8. The van der Waals surface area contributed by atoms with Crippen molar-refractivity contribution in [1.82, 2.24) is 0 Å². The summed E-state index contributed by atoms with van der Waals surface area (Å²) in [5.74, 6) is -1.69. The Kier molecular flexibility index (Phi) is 4.37. The summed E-state index contributed by atoms with van der Waals surface area (Å²) in [6.45, 7) is 1.33. The number of halogens is 2. The van der Waals surface area contributed by atoms with Crippen LogP contribution in [0, 0.1) is 18.6 Å². The van der Waals surface area contributed by atoms with Gasteiger partial charge in [0, 0.05) is 19.1 Å². The quantitative estimate of drug-likeness (QED) is 0.829. The van der Waals surface area contributed by atoms with Crippen LogP contribution in [0.5, 0.6) is 0 Å². The third kappa shape index (κ3) is 3.27. The molecule has 0 aliphatic rings. The van der Waals surface area contributed by atoms with Crippen LogP contribution in [0.1, 0.15) is 18.4 Å². The van der Waals surface area contributed by atoms with Gasteiger partial charge in [-0.3, -0.25) is 4.79 Å². The predicted octanol–water partition coefficient (Wildman–Crippen LogP) is 1.98. The number of nitrogens with one attached hydrogen (secondary N) is 1. The van der Waals surface area contributed by atoms with Crippen LogP contribution in [0.4, 0.5) is 14.5 Å². The molecule has 5 heteroatoms. The number of anilines is 1. The van der Waals surface area contributed by atoms with E-state index in [0.717, 1.165) is 12.1 Å². The summed E-state index contributed by atoms with van der Waals surface area (Å²) in [4.78, 5) is 11.2. The molecule has 2 N–H and O–H groups in total. The highest BCUT2D eigenvalue weighted by molar-refractivity contribution is 5.90. The largest absolute Gasteiger partial charge is 0.396 e. The highest BCUT2D eigenvalue weighted by Crippen LogP contribution is 2.18. The molecule has 0 aliphatic heterocycles. The van der Waals surface area contributed by atoms with Crippen molar-refractivity contribution in [2.45, 2.75) is 19.8 Å². The molecule has 88 valence electrons. The number of aryl methyl sites for hydroxylation is 1. The predicted molar refractivity (Wildman–Crippen MR) is 56.0 cm³/mol. The zero-order valence-corrected chi connectivity index (χ0v) is 8.89. The van der Waals surface area contributed by atoms with E-state index in [1.807, 2.05) is 0 Å². The van der Waals surface area contributed by atoms with Crippen LogP contribution in [0.3, 0.4) is 0 Å². The summed E-state index contributed by atoms with van der Waals surface area (Å²) in [6, 6.07) is 1.97. The van der Waals surface area contributed by atoms with E-state index in [-0.39, 0.29) is 24.3 Å². The van der Waals surface area contributed by atoms with E-state index >= 15 is 0 Å². The average Bonchev–Trinajstić information content (AvgIpc) is 2.23. The Bertz CT molecular complexity index is 394. The number of benzene rings is 1. The smallest absolute Gasteiger partial charge is 0.224 e. The van der Waals surface area contributed by atoms with Crippen LogP contribution in [0.25, 0.3) is 0 Å². The lowest BCUT2D eigenvalue weighted by Gasteiger charge is -2.07. The summed E-state index contributed by atoms with van der Waals surface area (Å²) in [5.41, 5.74) is 0.0110. The topological polar surface area (TPSA) is 49.3 Å². The minimum Gasteiger partial charge on any atom is -0.396 e. The molecule has 1 aromatic rings. The highest BCUT2D eigenvalue weighted by atomic mass is 19.1. The van der Waals surface area contributed by atoms with Crippen LogP contribution in [-0.4, -0.2) is 17.6 Å². The normalized spacial score (nSPS) is 10.2. The van der Waals surface area contributed by atoms with Gasteiger partial charge in [0.1, 0.15) is 11.6 Å². The molecule has 0 heterocycles. The molecule has 0 bridgehead atoms. The average molecular weight is 229 g/mol. The van der Waals surface area contributed by atoms with Gasteiger partial charge in [0.15, 0.2) is 0 Å². The van der Waals surface area contributed by atoms with Crippen molar-refractivity contribution in [1.29, 1.82) is 0 Å². The maximum Gasteiger partial charge on any atom is 0.224 e. The van der Waals surface area contributed by atoms with Crippen molar-refractivity contribution in [3.63, 3.8) is 0 Å². The Morgan fingerprint density at radius 1 is 1.38 bits per heavy atom. The molecule has 0 aromatic heterocycles. The van der Waals surface area contributed by atoms with Gasteiger partial charge >= 0.3 is 0 Å². The van der Waals surface area contributed by atoms with Crippen molar-refractivity contribution >= 4 is 11.6 Å². The Morgan fingerprint density at radius 3 is 2.69 bits per heavy atom. The van der Waals surface area contributed by atoms with E-state index in [0.29, 0.717) is 6.42 Å². The number of carbonyl (C=O) groups excluding carboxylic acids is 1. The highest BCUT2D eigenvalue weighted by Gasteiger charge is 2.09. The van der Waals surface area contributed by atoms with Crippen LogP contribution in [-0.2, 0) is 4.79 Å². The van der Waals surface area contributed by atoms with Crippen LogP contribution < -0.4 is 5.32 Å².